The number of unbranched alkanes of at least 4 members (excludes halogenated alkanes) is 1. The molecule has 4 heteroatoms. The van der Waals surface area contributed by atoms with E-state index in [2.05, 4.69) is 41.4 Å². The highest BCUT2D eigenvalue weighted by atomic mass is 15.1. The monoisotopic (exact) mass is 222 g/mol. The van der Waals surface area contributed by atoms with Crippen molar-refractivity contribution in [2.75, 3.05) is 17.2 Å². The maximum atomic E-state index is 4.41. The molecule has 0 aliphatic rings. The first-order chi connectivity index (χ1) is 7.61. The lowest BCUT2D eigenvalue weighted by Crippen LogP contribution is -2.14. The molecule has 2 N–H and O–H groups in total. The number of aromatic nitrogens is 2. The van der Waals surface area contributed by atoms with Crippen LogP contribution >= 0.6 is 0 Å². The first-order valence-corrected chi connectivity index (χ1v) is 5.98. The lowest BCUT2D eigenvalue weighted by Gasteiger charge is -2.11. The Morgan fingerprint density at radius 2 is 2.06 bits per heavy atom. The number of hydrogen-bond donors (Lipinski definition) is 2. The zero-order valence-corrected chi connectivity index (χ0v) is 10.7. The maximum Gasteiger partial charge on any atom is 0.225 e. The molecular weight excluding hydrogens is 200 g/mol. The molecule has 4 nitrogen and oxygen atoms in total. The van der Waals surface area contributed by atoms with E-state index in [1.807, 2.05) is 13.0 Å². The first-order valence-electron chi connectivity index (χ1n) is 5.98. The molecule has 1 heterocycles. The Morgan fingerprint density at radius 3 is 2.69 bits per heavy atom. The summed E-state index contributed by atoms with van der Waals surface area (Å²) in [6.07, 6.45) is 2.35. The van der Waals surface area contributed by atoms with Gasteiger partial charge in [-0.2, -0.15) is 4.98 Å². The van der Waals surface area contributed by atoms with Crippen molar-refractivity contribution in [3.8, 4) is 0 Å². The molecule has 0 aliphatic heterocycles. The Morgan fingerprint density at radius 1 is 1.31 bits per heavy atom. The summed E-state index contributed by atoms with van der Waals surface area (Å²) in [7, 11) is 0. The summed E-state index contributed by atoms with van der Waals surface area (Å²) in [5.74, 6) is 1.61. The van der Waals surface area contributed by atoms with E-state index in [9.17, 15) is 0 Å². The summed E-state index contributed by atoms with van der Waals surface area (Å²) in [5.41, 5.74) is 0.983. The van der Waals surface area contributed by atoms with E-state index in [0.717, 1.165) is 24.5 Å². The second-order valence-electron chi connectivity index (χ2n) is 4.30. The molecule has 0 bridgehead atoms. The van der Waals surface area contributed by atoms with Crippen molar-refractivity contribution in [1.29, 1.82) is 0 Å². The summed E-state index contributed by atoms with van der Waals surface area (Å²) >= 11 is 0. The smallest absolute Gasteiger partial charge is 0.225 e. The minimum Gasteiger partial charge on any atom is -0.370 e. The third-order valence-electron chi connectivity index (χ3n) is 2.11. The molecular formula is C12H22N4. The van der Waals surface area contributed by atoms with Gasteiger partial charge in [0.15, 0.2) is 0 Å². The Hall–Kier alpha value is -1.32. The molecule has 0 aliphatic carbocycles. The van der Waals surface area contributed by atoms with E-state index < -0.39 is 0 Å². The Balaban J connectivity index is 2.65. The van der Waals surface area contributed by atoms with Crippen LogP contribution in [0.25, 0.3) is 0 Å². The van der Waals surface area contributed by atoms with Crippen LogP contribution in [-0.2, 0) is 0 Å². The van der Waals surface area contributed by atoms with Crippen molar-refractivity contribution < 1.29 is 0 Å². The molecule has 0 fully saturated rings. The Bertz CT molecular complexity index is 323. The lowest BCUT2D eigenvalue weighted by atomic mass is 10.3. The predicted molar refractivity (Wildman–Crippen MR) is 68.9 cm³/mol. The van der Waals surface area contributed by atoms with Crippen LogP contribution in [0.5, 0.6) is 0 Å². The summed E-state index contributed by atoms with van der Waals surface area (Å²) in [6.45, 7) is 9.29. The van der Waals surface area contributed by atoms with Gasteiger partial charge in [0.05, 0.1) is 0 Å². The second-order valence-corrected chi connectivity index (χ2v) is 4.30. The van der Waals surface area contributed by atoms with E-state index in [1.54, 1.807) is 0 Å². The van der Waals surface area contributed by atoms with Crippen LogP contribution in [0.3, 0.4) is 0 Å². The minimum absolute atomic E-state index is 0.352. The Kier molecular flexibility index (Phi) is 5.02. The molecule has 0 aromatic carbocycles. The third-order valence-corrected chi connectivity index (χ3v) is 2.11. The van der Waals surface area contributed by atoms with Crippen molar-refractivity contribution in [2.24, 2.45) is 0 Å². The summed E-state index contributed by atoms with van der Waals surface area (Å²) in [4.78, 5) is 8.75. The average molecular weight is 222 g/mol. The molecule has 0 amide bonds. The SMILES string of the molecule is CCCCNc1cc(C)nc(NC(C)C)n1. The lowest BCUT2D eigenvalue weighted by molar-refractivity contribution is 0.827. The quantitative estimate of drug-likeness (QED) is 0.727. The van der Waals surface area contributed by atoms with Crippen LogP contribution in [0.4, 0.5) is 11.8 Å². The van der Waals surface area contributed by atoms with Gasteiger partial charge < -0.3 is 10.6 Å². The van der Waals surface area contributed by atoms with Crippen molar-refractivity contribution in [1.82, 2.24) is 9.97 Å². The topological polar surface area (TPSA) is 49.8 Å². The highest BCUT2D eigenvalue weighted by Crippen LogP contribution is 2.10. The molecule has 90 valence electrons. The van der Waals surface area contributed by atoms with Gasteiger partial charge in [-0.05, 0) is 27.2 Å². The van der Waals surface area contributed by atoms with Gasteiger partial charge in [0.2, 0.25) is 5.95 Å². The molecule has 0 atom stereocenters. The van der Waals surface area contributed by atoms with E-state index in [-0.39, 0.29) is 0 Å². The van der Waals surface area contributed by atoms with Gasteiger partial charge in [0, 0.05) is 24.3 Å². The van der Waals surface area contributed by atoms with Crippen molar-refractivity contribution >= 4 is 11.8 Å². The van der Waals surface area contributed by atoms with E-state index in [4.69, 9.17) is 0 Å². The summed E-state index contributed by atoms with van der Waals surface area (Å²) < 4.78 is 0. The predicted octanol–water partition coefficient (Wildman–Crippen LogP) is 2.82. The van der Waals surface area contributed by atoms with E-state index in [0.29, 0.717) is 12.0 Å². The number of anilines is 2. The van der Waals surface area contributed by atoms with Gasteiger partial charge in [-0.15, -0.1) is 0 Å². The maximum absolute atomic E-state index is 4.41. The minimum atomic E-state index is 0.352. The molecule has 0 saturated carbocycles. The van der Waals surface area contributed by atoms with Gasteiger partial charge in [0.25, 0.3) is 0 Å². The van der Waals surface area contributed by atoms with Crippen LogP contribution < -0.4 is 10.6 Å². The summed E-state index contributed by atoms with van der Waals surface area (Å²) in [6, 6.07) is 2.33. The van der Waals surface area contributed by atoms with Gasteiger partial charge in [-0.25, -0.2) is 4.98 Å². The molecule has 0 spiro atoms. The molecule has 0 saturated heterocycles. The molecule has 1 aromatic rings. The van der Waals surface area contributed by atoms with Crippen LogP contribution in [0, 0.1) is 6.92 Å². The summed E-state index contributed by atoms with van der Waals surface area (Å²) in [5, 5.41) is 6.52. The third kappa shape index (κ3) is 4.47. The number of nitrogens with zero attached hydrogens (tertiary/aromatic N) is 2. The van der Waals surface area contributed by atoms with Crippen LogP contribution in [0.1, 0.15) is 39.3 Å². The zero-order chi connectivity index (χ0) is 12.0. The number of hydrogen-bond acceptors (Lipinski definition) is 4. The standard InChI is InChI=1S/C12H22N4/c1-5-6-7-13-11-8-10(4)15-12(16-11)14-9(2)3/h8-9H,5-7H2,1-4H3,(H2,13,14,15,16). The number of nitrogens with one attached hydrogen (secondary N) is 2. The van der Waals surface area contributed by atoms with Crippen LogP contribution in [0.15, 0.2) is 6.07 Å². The fourth-order valence-corrected chi connectivity index (χ4v) is 1.38. The number of aryl methyl sites for hydroxylation is 1. The Labute approximate surface area is 97.9 Å². The molecule has 16 heavy (non-hydrogen) atoms. The first kappa shape index (κ1) is 12.7. The molecule has 1 rings (SSSR count). The fourth-order valence-electron chi connectivity index (χ4n) is 1.38. The highest BCUT2D eigenvalue weighted by molar-refractivity contribution is 5.42. The molecule has 1 aromatic heterocycles. The fraction of sp³-hybridized carbons (Fsp3) is 0.667. The average Bonchev–Trinajstić information content (AvgIpc) is 2.16. The van der Waals surface area contributed by atoms with Crippen LogP contribution in [-0.4, -0.2) is 22.6 Å². The van der Waals surface area contributed by atoms with Gasteiger partial charge in [0.1, 0.15) is 5.82 Å². The second kappa shape index (κ2) is 6.30. The largest absolute Gasteiger partial charge is 0.370 e. The van der Waals surface area contributed by atoms with Crippen molar-refractivity contribution in [3.05, 3.63) is 11.8 Å². The van der Waals surface area contributed by atoms with E-state index in [1.165, 1.54) is 6.42 Å². The zero-order valence-electron chi connectivity index (χ0n) is 10.7. The van der Waals surface area contributed by atoms with Crippen molar-refractivity contribution in [2.45, 2.75) is 46.6 Å². The van der Waals surface area contributed by atoms with Gasteiger partial charge >= 0.3 is 0 Å². The van der Waals surface area contributed by atoms with Crippen LogP contribution in [0.2, 0.25) is 0 Å². The van der Waals surface area contributed by atoms with E-state index >= 15 is 0 Å². The van der Waals surface area contributed by atoms with Gasteiger partial charge in [-0.3, -0.25) is 0 Å². The van der Waals surface area contributed by atoms with Crippen molar-refractivity contribution in [3.63, 3.8) is 0 Å². The number of rotatable bonds is 6. The highest BCUT2D eigenvalue weighted by Gasteiger charge is 2.02. The molecule has 0 radical (unpaired) electrons. The normalized spacial score (nSPS) is 10.6. The molecule has 0 unspecified atom stereocenters. The van der Waals surface area contributed by atoms with Gasteiger partial charge in [-0.1, -0.05) is 13.3 Å².